The minimum atomic E-state index is 0.476. The second-order valence-electron chi connectivity index (χ2n) is 4.89. The van der Waals surface area contributed by atoms with Crippen molar-refractivity contribution in [2.75, 3.05) is 19.0 Å². The summed E-state index contributed by atoms with van der Waals surface area (Å²) in [5.74, 6) is 1.55. The number of benzene rings is 1. The summed E-state index contributed by atoms with van der Waals surface area (Å²) in [6, 6.07) is 8.08. The van der Waals surface area contributed by atoms with Gasteiger partial charge in [0.25, 0.3) is 0 Å². The Labute approximate surface area is 134 Å². The monoisotopic (exact) mass is 349 g/mol. The topological polar surface area (TPSA) is 47.0 Å². The number of nitrogens with one attached hydrogen (secondary N) is 1. The second-order valence-corrected chi connectivity index (χ2v) is 5.75. The van der Waals surface area contributed by atoms with Crippen LogP contribution in [0.3, 0.4) is 0 Å². The highest BCUT2D eigenvalue weighted by Gasteiger charge is 2.08. The van der Waals surface area contributed by atoms with Crippen LogP contribution in [0.5, 0.6) is 0 Å². The van der Waals surface area contributed by atoms with E-state index in [0.717, 1.165) is 34.5 Å². The third-order valence-electron chi connectivity index (χ3n) is 3.06. The van der Waals surface area contributed by atoms with Gasteiger partial charge in [-0.1, -0.05) is 35.0 Å². The highest BCUT2D eigenvalue weighted by Crippen LogP contribution is 2.24. The molecule has 0 atom stereocenters. The van der Waals surface area contributed by atoms with Gasteiger partial charge in [-0.05, 0) is 25.0 Å². The molecule has 1 aromatic heterocycles. The first-order chi connectivity index (χ1) is 10.1. The van der Waals surface area contributed by atoms with Crippen LogP contribution in [-0.2, 0) is 11.3 Å². The largest absolute Gasteiger partial charge is 0.378 e. The van der Waals surface area contributed by atoms with Crippen LogP contribution < -0.4 is 5.32 Å². The van der Waals surface area contributed by atoms with E-state index in [1.807, 2.05) is 18.2 Å². The molecule has 0 aliphatic carbocycles. The van der Waals surface area contributed by atoms with Crippen molar-refractivity contribution in [1.29, 1.82) is 0 Å². The minimum absolute atomic E-state index is 0.476. The molecule has 0 aliphatic rings. The summed E-state index contributed by atoms with van der Waals surface area (Å²) >= 11 is 3.56. The number of halogens is 1. The van der Waals surface area contributed by atoms with Gasteiger partial charge in [-0.2, -0.15) is 0 Å². The van der Waals surface area contributed by atoms with Gasteiger partial charge in [-0.3, -0.25) is 0 Å². The lowest BCUT2D eigenvalue weighted by molar-refractivity contribution is 0.181. The van der Waals surface area contributed by atoms with Crippen molar-refractivity contribution in [1.82, 2.24) is 9.97 Å². The Bertz CT molecular complexity index is 616. The molecule has 1 aromatic carbocycles. The molecule has 5 heteroatoms. The molecule has 0 saturated heterocycles. The number of hydrogen-bond donors (Lipinski definition) is 1. The van der Waals surface area contributed by atoms with Crippen molar-refractivity contribution in [2.24, 2.45) is 0 Å². The molecule has 0 aliphatic heterocycles. The average Bonchev–Trinajstić information content (AvgIpc) is 2.48. The summed E-state index contributed by atoms with van der Waals surface area (Å²) in [5, 5.41) is 3.31. The van der Waals surface area contributed by atoms with Crippen molar-refractivity contribution in [3.8, 4) is 11.4 Å². The molecular formula is C16H20BrN3O. The van der Waals surface area contributed by atoms with Gasteiger partial charge in [0, 0.05) is 29.8 Å². The zero-order valence-corrected chi connectivity index (χ0v) is 14.2. The Morgan fingerprint density at radius 1 is 1.24 bits per heavy atom. The smallest absolute Gasteiger partial charge is 0.161 e. The fourth-order valence-corrected chi connectivity index (χ4v) is 2.30. The van der Waals surface area contributed by atoms with Crippen LogP contribution in [0.1, 0.15) is 24.6 Å². The zero-order chi connectivity index (χ0) is 15.2. The summed E-state index contributed by atoms with van der Waals surface area (Å²) in [4.78, 5) is 9.17. The van der Waals surface area contributed by atoms with Crippen molar-refractivity contribution >= 4 is 21.7 Å². The first-order valence-corrected chi connectivity index (χ1v) is 7.80. The molecule has 0 amide bonds. The van der Waals surface area contributed by atoms with Crippen molar-refractivity contribution in [3.05, 3.63) is 40.0 Å². The van der Waals surface area contributed by atoms with Crippen molar-refractivity contribution in [2.45, 2.75) is 26.9 Å². The molecule has 112 valence electrons. The quantitative estimate of drug-likeness (QED) is 0.849. The number of aromatic nitrogens is 2. The van der Waals surface area contributed by atoms with Gasteiger partial charge in [0.15, 0.2) is 5.82 Å². The first kappa shape index (κ1) is 15.9. The molecule has 21 heavy (non-hydrogen) atoms. The van der Waals surface area contributed by atoms with Gasteiger partial charge in [0.2, 0.25) is 0 Å². The predicted molar refractivity (Wildman–Crippen MR) is 89.4 cm³/mol. The Morgan fingerprint density at radius 2 is 2.05 bits per heavy atom. The maximum atomic E-state index is 5.19. The van der Waals surface area contributed by atoms with E-state index in [1.165, 1.54) is 5.56 Å². The lowest BCUT2D eigenvalue weighted by Crippen LogP contribution is -2.06. The number of anilines is 1. The maximum absolute atomic E-state index is 5.19. The van der Waals surface area contributed by atoms with Crippen LogP contribution >= 0.6 is 15.9 Å². The fraction of sp³-hybridized carbons (Fsp3) is 0.375. The Kier molecular flexibility index (Phi) is 5.70. The average molecular weight is 350 g/mol. The zero-order valence-electron chi connectivity index (χ0n) is 12.6. The Morgan fingerprint density at radius 3 is 2.71 bits per heavy atom. The first-order valence-electron chi connectivity index (χ1n) is 7.01. The number of nitrogens with zero attached hydrogens (tertiary/aromatic N) is 2. The lowest BCUT2D eigenvalue weighted by atomic mass is 10.1. The van der Waals surface area contributed by atoms with Gasteiger partial charge in [-0.15, -0.1) is 0 Å². The molecule has 2 rings (SSSR count). The third-order valence-corrected chi connectivity index (χ3v) is 3.91. The lowest BCUT2D eigenvalue weighted by Gasteiger charge is -2.10. The van der Waals surface area contributed by atoms with Crippen LogP contribution in [0.15, 0.2) is 28.7 Å². The van der Waals surface area contributed by atoms with Crippen LogP contribution in [-0.4, -0.2) is 23.6 Å². The summed E-state index contributed by atoms with van der Waals surface area (Å²) in [6.45, 7) is 5.55. The van der Waals surface area contributed by atoms with E-state index < -0.39 is 0 Å². The summed E-state index contributed by atoms with van der Waals surface area (Å²) in [6.07, 6.45) is 1.05. The maximum Gasteiger partial charge on any atom is 0.161 e. The number of hydrogen-bond acceptors (Lipinski definition) is 4. The minimum Gasteiger partial charge on any atom is -0.378 e. The van der Waals surface area contributed by atoms with Gasteiger partial charge in [-0.25, -0.2) is 9.97 Å². The normalized spacial score (nSPS) is 10.7. The predicted octanol–water partition coefficient (Wildman–Crippen LogP) is 4.18. The van der Waals surface area contributed by atoms with Crippen LogP contribution in [0, 0.1) is 6.92 Å². The highest BCUT2D eigenvalue weighted by molar-refractivity contribution is 9.10. The Balaban J connectivity index is 2.40. The SMILES string of the molecule is CCCNc1cc(COC)nc(-c2ccc(C)c(Br)c2)n1. The molecule has 0 fully saturated rings. The van der Waals surface area contributed by atoms with E-state index in [9.17, 15) is 0 Å². The summed E-state index contributed by atoms with van der Waals surface area (Å²) in [5.41, 5.74) is 3.05. The van der Waals surface area contributed by atoms with Crippen molar-refractivity contribution < 1.29 is 4.74 Å². The van der Waals surface area contributed by atoms with Crippen LogP contribution in [0.4, 0.5) is 5.82 Å². The fourth-order valence-electron chi connectivity index (χ4n) is 1.92. The van der Waals surface area contributed by atoms with E-state index in [-0.39, 0.29) is 0 Å². The molecule has 0 unspecified atom stereocenters. The molecule has 1 N–H and O–H groups in total. The van der Waals surface area contributed by atoms with E-state index >= 15 is 0 Å². The van der Waals surface area contributed by atoms with Gasteiger partial charge < -0.3 is 10.1 Å². The molecule has 0 spiro atoms. The third kappa shape index (κ3) is 4.25. The van der Waals surface area contributed by atoms with Crippen LogP contribution in [0.2, 0.25) is 0 Å². The molecule has 4 nitrogen and oxygen atoms in total. The van der Waals surface area contributed by atoms with Crippen molar-refractivity contribution in [3.63, 3.8) is 0 Å². The molecule has 0 saturated carbocycles. The van der Waals surface area contributed by atoms with Gasteiger partial charge >= 0.3 is 0 Å². The van der Waals surface area contributed by atoms with E-state index in [2.05, 4.69) is 51.1 Å². The Hall–Kier alpha value is -1.46. The van der Waals surface area contributed by atoms with E-state index in [1.54, 1.807) is 7.11 Å². The summed E-state index contributed by atoms with van der Waals surface area (Å²) < 4.78 is 6.25. The second kappa shape index (κ2) is 7.52. The van der Waals surface area contributed by atoms with Gasteiger partial charge in [0.05, 0.1) is 12.3 Å². The highest BCUT2D eigenvalue weighted by atomic mass is 79.9. The van der Waals surface area contributed by atoms with Crippen LogP contribution in [0.25, 0.3) is 11.4 Å². The van der Waals surface area contributed by atoms with Gasteiger partial charge in [0.1, 0.15) is 5.82 Å². The number of rotatable bonds is 6. The molecule has 0 bridgehead atoms. The number of aryl methyl sites for hydroxylation is 1. The van der Waals surface area contributed by atoms with E-state index in [4.69, 9.17) is 4.74 Å². The molecule has 0 radical (unpaired) electrons. The molecular weight excluding hydrogens is 330 g/mol. The van der Waals surface area contributed by atoms with E-state index in [0.29, 0.717) is 12.4 Å². The molecule has 1 heterocycles. The number of methoxy groups -OCH3 is 1. The standard InChI is InChI=1S/C16H20BrN3O/c1-4-7-18-15-9-13(10-21-3)19-16(20-15)12-6-5-11(2)14(17)8-12/h5-6,8-9H,4,7,10H2,1-3H3,(H,18,19,20). The number of ether oxygens (including phenoxy) is 1. The summed E-state index contributed by atoms with van der Waals surface area (Å²) in [7, 11) is 1.67. The molecule has 2 aromatic rings.